The zero-order chi connectivity index (χ0) is 18.4. The molecule has 25 heavy (non-hydrogen) atoms. The van der Waals surface area contributed by atoms with Crippen LogP contribution in [0.15, 0.2) is 30.3 Å². The molecule has 0 radical (unpaired) electrons. The highest BCUT2D eigenvalue weighted by Crippen LogP contribution is 2.22. The molecule has 1 aliphatic heterocycles. The Hall–Kier alpha value is -1.56. The summed E-state index contributed by atoms with van der Waals surface area (Å²) in [6.45, 7) is -0.385. The van der Waals surface area contributed by atoms with E-state index in [0.29, 0.717) is 12.8 Å². The van der Waals surface area contributed by atoms with E-state index in [2.05, 4.69) is 4.18 Å². The highest BCUT2D eigenvalue weighted by molar-refractivity contribution is 7.80. The van der Waals surface area contributed by atoms with Crippen molar-refractivity contribution in [3.63, 3.8) is 0 Å². The molecule has 1 saturated heterocycles. The van der Waals surface area contributed by atoms with Gasteiger partial charge in [-0.2, -0.15) is 8.42 Å². The molecular formula is C15H20O9S. The molecule has 0 saturated carbocycles. The first-order valence-electron chi connectivity index (χ1n) is 7.61. The number of aliphatic hydroxyl groups excluding tert-OH is 1. The van der Waals surface area contributed by atoms with E-state index < -0.39 is 47.4 Å². The second-order valence-corrected chi connectivity index (χ2v) is 6.62. The lowest BCUT2D eigenvalue weighted by molar-refractivity contribution is -0.209. The number of hydrogen-bond donors (Lipinski definition) is 3. The molecule has 1 heterocycles. The topological polar surface area (TPSA) is 140 Å². The molecule has 10 heteroatoms. The van der Waals surface area contributed by atoms with E-state index in [1.807, 2.05) is 30.3 Å². The number of aliphatic hydroxyl groups is 1. The van der Waals surface area contributed by atoms with Crippen LogP contribution in [0.3, 0.4) is 0 Å². The van der Waals surface area contributed by atoms with Crippen molar-refractivity contribution in [1.29, 1.82) is 0 Å². The summed E-state index contributed by atoms with van der Waals surface area (Å²) in [4.78, 5) is 11.2. The number of aryl methyl sites for hydroxylation is 1. The van der Waals surface area contributed by atoms with Crippen LogP contribution in [0, 0.1) is 0 Å². The minimum atomic E-state index is -4.82. The molecule has 3 N–H and O–H groups in total. The molecule has 2 unspecified atom stereocenters. The molecule has 1 fully saturated rings. The van der Waals surface area contributed by atoms with E-state index in [4.69, 9.17) is 19.1 Å². The van der Waals surface area contributed by atoms with Crippen molar-refractivity contribution >= 4 is 16.4 Å². The fourth-order valence-electron chi connectivity index (χ4n) is 2.56. The number of carboxylic acids is 1. The van der Waals surface area contributed by atoms with Crippen molar-refractivity contribution in [3.8, 4) is 0 Å². The lowest BCUT2D eigenvalue weighted by Gasteiger charge is -2.37. The Balaban J connectivity index is 1.93. The number of benzene rings is 1. The van der Waals surface area contributed by atoms with Gasteiger partial charge >= 0.3 is 16.4 Å². The van der Waals surface area contributed by atoms with Crippen LogP contribution in [0.25, 0.3) is 0 Å². The van der Waals surface area contributed by atoms with Crippen molar-refractivity contribution in [2.24, 2.45) is 0 Å². The van der Waals surface area contributed by atoms with Gasteiger partial charge < -0.3 is 19.7 Å². The van der Waals surface area contributed by atoms with Crippen LogP contribution in [0.2, 0.25) is 0 Å². The van der Waals surface area contributed by atoms with Crippen molar-refractivity contribution in [1.82, 2.24) is 0 Å². The fraction of sp³-hybridized carbons (Fsp3) is 0.533. The summed E-state index contributed by atoms with van der Waals surface area (Å²) in [6.07, 6.45) is -4.59. The quantitative estimate of drug-likeness (QED) is 0.423. The molecule has 9 nitrogen and oxygen atoms in total. The fourth-order valence-corrected chi connectivity index (χ4v) is 3.04. The van der Waals surface area contributed by atoms with Crippen molar-refractivity contribution < 1.29 is 41.6 Å². The van der Waals surface area contributed by atoms with Crippen LogP contribution in [0.4, 0.5) is 0 Å². The molecule has 0 aliphatic carbocycles. The Morgan fingerprint density at radius 2 is 1.96 bits per heavy atom. The summed E-state index contributed by atoms with van der Waals surface area (Å²) in [5.41, 5.74) is 1.08. The maximum absolute atomic E-state index is 11.2. The van der Waals surface area contributed by atoms with Gasteiger partial charge in [0.15, 0.2) is 6.10 Å². The maximum atomic E-state index is 11.2. The van der Waals surface area contributed by atoms with Gasteiger partial charge in [0.25, 0.3) is 0 Å². The van der Waals surface area contributed by atoms with Gasteiger partial charge in [-0.25, -0.2) is 8.98 Å². The molecule has 140 valence electrons. The Morgan fingerprint density at radius 3 is 2.56 bits per heavy atom. The first-order chi connectivity index (χ1) is 11.8. The van der Waals surface area contributed by atoms with Gasteiger partial charge in [0.05, 0.1) is 6.61 Å². The Bertz CT molecular complexity index is 661. The van der Waals surface area contributed by atoms with Crippen LogP contribution in [-0.2, 0) is 35.3 Å². The third-order valence-electron chi connectivity index (χ3n) is 3.71. The van der Waals surface area contributed by atoms with E-state index in [0.717, 1.165) is 5.56 Å². The normalized spacial score (nSPS) is 27.1. The summed E-state index contributed by atoms with van der Waals surface area (Å²) in [7, 11) is -4.82. The summed E-state index contributed by atoms with van der Waals surface area (Å²) in [6, 6.07) is 9.56. The van der Waals surface area contributed by atoms with E-state index in [-0.39, 0.29) is 6.61 Å². The van der Waals surface area contributed by atoms with Gasteiger partial charge in [-0.05, 0) is 18.4 Å². The predicted octanol–water partition coefficient (Wildman–Crippen LogP) is 0.0367. The summed E-state index contributed by atoms with van der Waals surface area (Å²) in [5.74, 6) is -1.35. The number of aliphatic carboxylic acids is 1. The molecule has 1 aromatic rings. The largest absolute Gasteiger partial charge is 0.479 e. The molecule has 0 amide bonds. The maximum Gasteiger partial charge on any atom is 0.397 e. The Kier molecular flexibility index (Phi) is 6.87. The van der Waals surface area contributed by atoms with Crippen LogP contribution in [0.1, 0.15) is 12.0 Å². The lowest BCUT2D eigenvalue weighted by Crippen LogP contribution is -2.57. The highest BCUT2D eigenvalue weighted by atomic mass is 32.3. The van der Waals surface area contributed by atoms with Crippen molar-refractivity contribution in [2.45, 2.75) is 37.3 Å². The highest BCUT2D eigenvalue weighted by Gasteiger charge is 2.46. The SMILES string of the molecule is O=C(O)C1OCC(OS(=O)(=O)O)[C@@H](O)[C@H]1OCCCc1ccccc1. The minimum absolute atomic E-state index is 0.127. The second-order valence-electron chi connectivity index (χ2n) is 5.57. The van der Waals surface area contributed by atoms with Crippen molar-refractivity contribution in [3.05, 3.63) is 35.9 Å². The number of rotatable bonds is 8. The third-order valence-corrected chi connectivity index (χ3v) is 4.20. The van der Waals surface area contributed by atoms with E-state index >= 15 is 0 Å². The van der Waals surface area contributed by atoms with Crippen LogP contribution >= 0.6 is 0 Å². The molecule has 0 bridgehead atoms. The van der Waals surface area contributed by atoms with E-state index in [1.54, 1.807) is 0 Å². The number of hydrogen-bond acceptors (Lipinski definition) is 7. The molecule has 4 atom stereocenters. The first kappa shape index (κ1) is 19.8. The number of ether oxygens (including phenoxy) is 2. The standard InChI is InChI=1S/C15H20O9S/c16-12-11(24-25(19,20)21)9-23-14(15(17)18)13(12)22-8-4-7-10-5-2-1-3-6-10/h1-3,5-6,11-14,16H,4,7-9H2,(H,17,18)(H,19,20,21)/t11?,12-,13-,14?/m1/s1. The Labute approximate surface area is 145 Å². The van der Waals surface area contributed by atoms with E-state index in [9.17, 15) is 18.3 Å². The molecule has 1 aliphatic rings. The van der Waals surface area contributed by atoms with E-state index in [1.165, 1.54) is 0 Å². The molecule has 1 aromatic carbocycles. The zero-order valence-electron chi connectivity index (χ0n) is 13.2. The van der Waals surface area contributed by atoms with Gasteiger partial charge in [-0.1, -0.05) is 30.3 Å². The van der Waals surface area contributed by atoms with Crippen LogP contribution < -0.4 is 0 Å². The predicted molar refractivity (Wildman–Crippen MR) is 84.3 cm³/mol. The van der Waals surface area contributed by atoms with Crippen molar-refractivity contribution in [2.75, 3.05) is 13.2 Å². The minimum Gasteiger partial charge on any atom is -0.479 e. The average Bonchev–Trinajstić information content (AvgIpc) is 2.54. The molecule has 0 spiro atoms. The molecule has 0 aromatic heterocycles. The van der Waals surface area contributed by atoms with Gasteiger partial charge in [-0.3, -0.25) is 4.55 Å². The monoisotopic (exact) mass is 376 g/mol. The Morgan fingerprint density at radius 1 is 1.28 bits per heavy atom. The lowest BCUT2D eigenvalue weighted by atomic mass is 10.00. The molecule has 2 rings (SSSR count). The summed E-state index contributed by atoms with van der Waals surface area (Å²) < 4.78 is 45.0. The second kappa shape index (κ2) is 8.70. The summed E-state index contributed by atoms with van der Waals surface area (Å²) in [5, 5.41) is 19.3. The first-order valence-corrected chi connectivity index (χ1v) is 8.98. The van der Waals surface area contributed by atoms with Crippen LogP contribution in [0.5, 0.6) is 0 Å². The average molecular weight is 376 g/mol. The number of carboxylic acid groups (broad SMARTS) is 1. The van der Waals surface area contributed by atoms with Gasteiger partial charge in [-0.15, -0.1) is 0 Å². The van der Waals surface area contributed by atoms with Gasteiger partial charge in [0, 0.05) is 6.61 Å². The van der Waals surface area contributed by atoms with Gasteiger partial charge in [0.2, 0.25) is 0 Å². The summed E-state index contributed by atoms with van der Waals surface area (Å²) >= 11 is 0. The zero-order valence-corrected chi connectivity index (χ0v) is 14.0. The third kappa shape index (κ3) is 6.03. The molecular weight excluding hydrogens is 356 g/mol. The number of carbonyl (C=O) groups is 1. The van der Waals surface area contributed by atoms with Crippen LogP contribution in [-0.4, -0.2) is 66.8 Å². The van der Waals surface area contributed by atoms with Gasteiger partial charge in [0.1, 0.15) is 18.3 Å². The smallest absolute Gasteiger partial charge is 0.397 e.